The summed E-state index contributed by atoms with van der Waals surface area (Å²) in [6.07, 6.45) is 0. The zero-order valence-electron chi connectivity index (χ0n) is 10.4. The quantitative estimate of drug-likeness (QED) is 0.867. The van der Waals surface area contributed by atoms with E-state index in [2.05, 4.69) is 41.5 Å². The fraction of sp³-hybridized carbons (Fsp3) is 0.750. The molecule has 1 N–H and O–H groups in total. The lowest BCUT2D eigenvalue weighted by atomic mass is 9.98. The van der Waals surface area contributed by atoms with Crippen LogP contribution in [0, 0.1) is 18.8 Å². The molecule has 1 aliphatic heterocycles. The molecule has 0 aromatic carbocycles. The summed E-state index contributed by atoms with van der Waals surface area (Å²) in [7, 11) is 2.19. The Bertz CT molecular complexity index is 337. The Morgan fingerprint density at radius 1 is 1.56 bits per heavy atom. The van der Waals surface area contributed by atoms with Gasteiger partial charge >= 0.3 is 0 Å². The van der Waals surface area contributed by atoms with Gasteiger partial charge in [0.2, 0.25) is 0 Å². The molecular formula is C12H21N3S. The molecule has 3 nitrogen and oxygen atoms in total. The minimum absolute atomic E-state index is 0.796. The van der Waals surface area contributed by atoms with Crippen molar-refractivity contribution in [3.8, 4) is 0 Å². The third-order valence-corrected chi connectivity index (χ3v) is 4.14. The molecule has 2 atom stereocenters. The van der Waals surface area contributed by atoms with Crippen LogP contribution in [-0.4, -0.2) is 36.6 Å². The third kappa shape index (κ3) is 3.03. The summed E-state index contributed by atoms with van der Waals surface area (Å²) in [5, 5.41) is 6.79. The van der Waals surface area contributed by atoms with E-state index in [0.717, 1.165) is 18.4 Å². The van der Waals surface area contributed by atoms with Gasteiger partial charge < -0.3 is 10.2 Å². The maximum Gasteiger partial charge on any atom is 0.0897 e. The van der Waals surface area contributed by atoms with Crippen LogP contribution in [-0.2, 0) is 6.54 Å². The molecule has 4 heteroatoms. The Kier molecular flexibility index (Phi) is 3.95. The minimum Gasteiger partial charge on any atom is -0.316 e. The van der Waals surface area contributed by atoms with Gasteiger partial charge in [0.1, 0.15) is 0 Å². The van der Waals surface area contributed by atoms with Gasteiger partial charge in [-0.25, -0.2) is 4.98 Å². The van der Waals surface area contributed by atoms with E-state index in [-0.39, 0.29) is 0 Å². The smallest absolute Gasteiger partial charge is 0.0897 e. The first-order valence-corrected chi connectivity index (χ1v) is 6.83. The lowest BCUT2D eigenvalue weighted by molar-refractivity contribution is 0.250. The van der Waals surface area contributed by atoms with E-state index in [1.54, 1.807) is 11.3 Å². The van der Waals surface area contributed by atoms with Gasteiger partial charge in [-0.2, -0.15) is 0 Å². The summed E-state index contributed by atoms with van der Waals surface area (Å²) in [6, 6.07) is 0. The van der Waals surface area contributed by atoms with Gasteiger partial charge in [-0.15, -0.1) is 11.3 Å². The summed E-state index contributed by atoms with van der Waals surface area (Å²) < 4.78 is 0. The molecule has 0 amide bonds. The number of hydrogen-bond donors (Lipinski definition) is 1. The average Bonchev–Trinajstić information content (AvgIpc) is 2.77. The van der Waals surface area contributed by atoms with E-state index in [9.17, 15) is 0 Å². The van der Waals surface area contributed by atoms with Gasteiger partial charge in [0.25, 0.3) is 0 Å². The molecule has 0 bridgehead atoms. The number of aryl methyl sites for hydroxylation is 1. The van der Waals surface area contributed by atoms with E-state index >= 15 is 0 Å². The van der Waals surface area contributed by atoms with E-state index in [0.29, 0.717) is 0 Å². The summed E-state index contributed by atoms with van der Waals surface area (Å²) >= 11 is 1.74. The van der Waals surface area contributed by atoms with Crippen LogP contribution in [0.5, 0.6) is 0 Å². The van der Waals surface area contributed by atoms with Crippen molar-refractivity contribution in [1.82, 2.24) is 15.2 Å². The molecule has 1 saturated heterocycles. The normalized spacial score (nSPS) is 25.5. The molecule has 90 valence electrons. The molecule has 2 rings (SSSR count). The number of nitrogens with one attached hydrogen (secondary N) is 1. The zero-order chi connectivity index (χ0) is 11.5. The Morgan fingerprint density at radius 3 is 2.94 bits per heavy atom. The summed E-state index contributed by atoms with van der Waals surface area (Å²) in [5.41, 5.74) is 1.21. The molecule has 0 saturated carbocycles. The van der Waals surface area contributed by atoms with Gasteiger partial charge in [0.05, 0.1) is 10.7 Å². The number of thiazole rings is 1. The number of nitrogens with zero attached hydrogens (tertiary/aromatic N) is 2. The van der Waals surface area contributed by atoms with Gasteiger partial charge in [0, 0.05) is 18.5 Å². The predicted octanol–water partition coefficient (Wildman–Crippen LogP) is 1.74. The fourth-order valence-electron chi connectivity index (χ4n) is 2.33. The van der Waals surface area contributed by atoms with Gasteiger partial charge in [0.15, 0.2) is 0 Å². The first-order valence-electron chi connectivity index (χ1n) is 5.95. The fourth-order valence-corrected chi connectivity index (χ4v) is 2.93. The van der Waals surface area contributed by atoms with Crippen molar-refractivity contribution in [3.05, 3.63) is 16.1 Å². The van der Waals surface area contributed by atoms with Crippen molar-refractivity contribution >= 4 is 11.3 Å². The van der Waals surface area contributed by atoms with Crippen molar-refractivity contribution in [2.75, 3.05) is 26.7 Å². The largest absolute Gasteiger partial charge is 0.316 e. The van der Waals surface area contributed by atoms with Crippen LogP contribution in [0.15, 0.2) is 5.38 Å². The maximum absolute atomic E-state index is 4.51. The standard InChI is InChI=1S/C12H21N3S/c1-9-4-13-5-11(9)6-15(3)7-12-8-16-10(2)14-12/h8-9,11,13H,4-7H2,1-3H3/t9-,11+/m1/s1. The summed E-state index contributed by atoms with van der Waals surface area (Å²) in [4.78, 5) is 6.90. The van der Waals surface area contributed by atoms with E-state index in [1.165, 1.54) is 30.3 Å². The van der Waals surface area contributed by atoms with Crippen LogP contribution in [0.3, 0.4) is 0 Å². The van der Waals surface area contributed by atoms with Crippen molar-refractivity contribution < 1.29 is 0 Å². The van der Waals surface area contributed by atoms with E-state index in [4.69, 9.17) is 0 Å². The van der Waals surface area contributed by atoms with Gasteiger partial charge in [-0.3, -0.25) is 0 Å². The zero-order valence-corrected chi connectivity index (χ0v) is 11.2. The maximum atomic E-state index is 4.51. The molecule has 1 fully saturated rings. The monoisotopic (exact) mass is 239 g/mol. The second kappa shape index (κ2) is 5.25. The molecule has 1 aromatic heterocycles. The van der Waals surface area contributed by atoms with E-state index in [1.807, 2.05) is 0 Å². The molecule has 16 heavy (non-hydrogen) atoms. The molecule has 1 aliphatic rings. The Balaban J connectivity index is 1.82. The highest BCUT2D eigenvalue weighted by molar-refractivity contribution is 7.09. The second-order valence-electron chi connectivity index (χ2n) is 4.95. The molecule has 0 unspecified atom stereocenters. The lowest BCUT2D eigenvalue weighted by Gasteiger charge is -2.22. The number of aromatic nitrogens is 1. The van der Waals surface area contributed by atoms with Crippen LogP contribution in [0.2, 0.25) is 0 Å². The van der Waals surface area contributed by atoms with Crippen molar-refractivity contribution in [2.24, 2.45) is 11.8 Å². The second-order valence-corrected chi connectivity index (χ2v) is 6.01. The Morgan fingerprint density at radius 2 is 2.38 bits per heavy atom. The molecular weight excluding hydrogens is 218 g/mol. The van der Waals surface area contributed by atoms with Crippen molar-refractivity contribution in [2.45, 2.75) is 20.4 Å². The van der Waals surface area contributed by atoms with Crippen LogP contribution < -0.4 is 5.32 Å². The van der Waals surface area contributed by atoms with Crippen LogP contribution in [0.1, 0.15) is 17.6 Å². The Labute approximate surface area is 102 Å². The van der Waals surface area contributed by atoms with Crippen LogP contribution in [0.25, 0.3) is 0 Å². The van der Waals surface area contributed by atoms with Crippen LogP contribution in [0.4, 0.5) is 0 Å². The molecule has 2 heterocycles. The molecule has 1 aromatic rings. The summed E-state index contributed by atoms with van der Waals surface area (Å²) in [5.74, 6) is 1.60. The van der Waals surface area contributed by atoms with Gasteiger partial charge in [-0.05, 0) is 38.9 Å². The van der Waals surface area contributed by atoms with E-state index < -0.39 is 0 Å². The third-order valence-electron chi connectivity index (χ3n) is 3.32. The highest BCUT2D eigenvalue weighted by Crippen LogP contribution is 2.18. The van der Waals surface area contributed by atoms with Gasteiger partial charge in [-0.1, -0.05) is 6.92 Å². The topological polar surface area (TPSA) is 28.2 Å². The highest BCUT2D eigenvalue weighted by atomic mass is 32.1. The summed E-state index contributed by atoms with van der Waals surface area (Å²) in [6.45, 7) is 8.90. The minimum atomic E-state index is 0.796. The molecule has 0 spiro atoms. The molecule has 0 radical (unpaired) electrons. The van der Waals surface area contributed by atoms with Crippen molar-refractivity contribution in [1.29, 1.82) is 0 Å². The lowest BCUT2D eigenvalue weighted by Crippen LogP contribution is -2.29. The SMILES string of the molecule is Cc1nc(CN(C)C[C@@H]2CNC[C@H]2C)cs1. The number of hydrogen-bond acceptors (Lipinski definition) is 4. The first kappa shape index (κ1) is 12.0. The Hall–Kier alpha value is -0.450. The number of rotatable bonds is 4. The predicted molar refractivity (Wildman–Crippen MR) is 68.7 cm³/mol. The average molecular weight is 239 g/mol. The van der Waals surface area contributed by atoms with Crippen molar-refractivity contribution in [3.63, 3.8) is 0 Å². The van der Waals surface area contributed by atoms with Crippen LogP contribution >= 0.6 is 11.3 Å². The first-order chi connectivity index (χ1) is 7.65. The molecule has 0 aliphatic carbocycles. The highest BCUT2D eigenvalue weighted by Gasteiger charge is 2.24.